The van der Waals surface area contributed by atoms with Gasteiger partial charge in [0, 0.05) is 43.2 Å². The monoisotopic (exact) mass is 377 g/mol. The number of halogens is 3. The molecule has 7 heteroatoms. The molecule has 2 aliphatic rings. The van der Waals surface area contributed by atoms with Crippen LogP contribution in [0.1, 0.15) is 28.8 Å². The van der Waals surface area contributed by atoms with E-state index in [0.29, 0.717) is 30.0 Å². The lowest BCUT2D eigenvalue weighted by molar-refractivity contribution is 0.0822. The van der Waals surface area contributed by atoms with Gasteiger partial charge in [0.15, 0.2) is 11.6 Å². The van der Waals surface area contributed by atoms with E-state index in [4.69, 9.17) is 11.6 Å². The first-order valence-corrected chi connectivity index (χ1v) is 8.88. The lowest BCUT2D eigenvalue weighted by Crippen LogP contribution is -2.62. The predicted molar refractivity (Wildman–Crippen MR) is 96.1 cm³/mol. The third kappa shape index (κ3) is 3.27. The second-order valence-corrected chi connectivity index (χ2v) is 7.31. The highest BCUT2D eigenvalue weighted by Crippen LogP contribution is 2.33. The molecule has 0 bridgehead atoms. The lowest BCUT2D eigenvalue weighted by atomic mass is 9.92. The Labute approximate surface area is 155 Å². The average Bonchev–Trinajstić information content (AvgIpc) is 2.61. The second kappa shape index (κ2) is 6.52. The zero-order valence-corrected chi connectivity index (χ0v) is 14.7. The standard InChI is InChI=1S/C19H18ClF2N3O/c20-13-2-4-17-14(10-13)18(26)24-19(23-17)5-7-25(8-6-19)11-12-1-3-15(21)16(22)9-12/h1-4,9-10,23H,5-8,11H2,(H,24,26). The molecular weight excluding hydrogens is 360 g/mol. The molecule has 1 fully saturated rings. The average molecular weight is 378 g/mol. The SMILES string of the molecule is O=C1NC2(CCN(Cc3ccc(F)c(F)c3)CC2)Nc2ccc(Cl)cc21. The van der Waals surface area contributed by atoms with Crippen molar-refractivity contribution in [1.82, 2.24) is 10.2 Å². The Bertz CT molecular complexity index is 866. The molecule has 2 aromatic rings. The number of carbonyl (C=O) groups excluding carboxylic acids is 1. The number of amides is 1. The van der Waals surface area contributed by atoms with Gasteiger partial charge in [-0.25, -0.2) is 8.78 Å². The van der Waals surface area contributed by atoms with Gasteiger partial charge in [0.25, 0.3) is 5.91 Å². The van der Waals surface area contributed by atoms with Gasteiger partial charge in [-0.3, -0.25) is 9.69 Å². The maximum atomic E-state index is 13.4. The minimum Gasteiger partial charge on any atom is -0.362 e. The quantitative estimate of drug-likeness (QED) is 0.837. The van der Waals surface area contributed by atoms with Crippen molar-refractivity contribution in [2.45, 2.75) is 25.0 Å². The Kier molecular flexibility index (Phi) is 4.32. The van der Waals surface area contributed by atoms with Gasteiger partial charge in [0.2, 0.25) is 0 Å². The van der Waals surface area contributed by atoms with Crippen LogP contribution in [0, 0.1) is 11.6 Å². The van der Waals surface area contributed by atoms with Gasteiger partial charge in [-0.1, -0.05) is 17.7 Å². The number of hydrogen-bond donors (Lipinski definition) is 2. The molecule has 1 spiro atoms. The number of rotatable bonds is 2. The number of piperidine rings is 1. The van der Waals surface area contributed by atoms with E-state index in [1.54, 1.807) is 18.2 Å². The molecule has 136 valence electrons. The summed E-state index contributed by atoms with van der Waals surface area (Å²) in [7, 11) is 0. The molecule has 2 N–H and O–H groups in total. The molecule has 4 rings (SSSR count). The van der Waals surface area contributed by atoms with Gasteiger partial charge in [-0.2, -0.15) is 0 Å². The number of benzene rings is 2. The van der Waals surface area contributed by atoms with Gasteiger partial charge in [-0.15, -0.1) is 0 Å². The van der Waals surface area contributed by atoms with Crippen LogP contribution < -0.4 is 10.6 Å². The Balaban J connectivity index is 1.44. The predicted octanol–water partition coefficient (Wildman–Crippen LogP) is 3.77. The molecule has 0 aliphatic carbocycles. The summed E-state index contributed by atoms with van der Waals surface area (Å²) in [5, 5.41) is 7.04. The summed E-state index contributed by atoms with van der Waals surface area (Å²) < 4.78 is 26.4. The van der Waals surface area contributed by atoms with Crippen molar-refractivity contribution in [2.75, 3.05) is 18.4 Å². The van der Waals surface area contributed by atoms with Gasteiger partial charge in [0.1, 0.15) is 5.66 Å². The molecule has 2 aromatic carbocycles. The highest BCUT2D eigenvalue weighted by molar-refractivity contribution is 6.31. The van der Waals surface area contributed by atoms with E-state index >= 15 is 0 Å². The molecule has 1 saturated heterocycles. The van der Waals surface area contributed by atoms with E-state index in [1.807, 2.05) is 6.07 Å². The minimum atomic E-state index is -0.834. The molecule has 1 amide bonds. The third-order valence-electron chi connectivity index (χ3n) is 5.05. The first kappa shape index (κ1) is 17.2. The number of anilines is 1. The van der Waals surface area contributed by atoms with Crippen molar-refractivity contribution in [1.29, 1.82) is 0 Å². The topological polar surface area (TPSA) is 44.4 Å². The zero-order chi connectivity index (χ0) is 18.3. The maximum absolute atomic E-state index is 13.4. The van der Waals surface area contributed by atoms with Crippen LogP contribution >= 0.6 is 11.6 Å². The fraction of sp³-hybridized carbons (Fsp3) is 0.316. The van der Waals surface area contributed by atoms with E-state index in [0.717, 1.165) is 30.4 Å². The molecule has 26 heavy (non-hydrogen) atoms. The van der Waals surface area contributed by atoms with Crippen molar-refractivity contribution in [3.8, 4) is 0 Å². The Morgan fingerprint density at radius 3 is 2.54 bits per heavy atom. The van der Waals surface area contributed by atoms with E-state index in [1.165, 1.54) is 6.07 Å². The van der Waals surface area contributed by atoms with Crippen molar-refractivity contribution >= 4 is 23.2 Å². The highest BCUT2D eigenvalue weighted by Gasteiger charge is 2.40. The summed E-state index contributed by atoms with van der Waals surface area (Å²) in [5.41, 5.74) is 1.59. The lowest BCUT2D eigenvalue weighted by Gasteiger charge is -2.46. The number of nitrogens with zero attached hydrogens (tertiary/aromatic N) is 1. The summed E-state index contributed by atoms with van der Waals surface area (Å²) in [5.74, 6) is -1.79. The molecule has 4 nitrogen and oxygen atoms in total. The van der Waals surface area contributed by atoms with E-state index in [-0.39, 0.29) is 5.91 Å². The third-order valence-corrected chi connectivity index (χ3v) is 5.29. The number of nitrogens with one attached hydrogen (secondary N) is 2. The summed E-state index contributed by atoms with van der Waals surface area (Å²) in [6.07, 6.45) is 1.43. The molecular formula is C19H18ClF2N3O. The minimum absolute atomic E-state index is 0.129. The van der Waals surface area contributed by atoms with Gasteiger partial charge in [-0.05, 0) is 35.9 Å². The van der Waals surface area contributed by atoms with Crippen molar-refractivity contribution < 1.29 is 13.6 Å². The summed E-state index contributed by atoms with van der Waals surface area (Å²) in [6, 6.07) is 9.23. The Hall–Kier alpha value is -2.18. The molecule has 0 atom stereocenters. The van der Waals surface area contributed by atoms with Crippen LogP contribution in [-0.2, 0) is 6.54 Å². The van der Waals surface area contributed by atoms with Crippen molar-refractivity contribution in [3.05, 3.63) is 64.2 Å². The fourth-order valence-corrected chi connectivity index (χ4v) is 3.80. The van der Waals surface area contributed by atoms with E-state index in [2.05, 4.69) is 15.5 Å². The zero-order valence-electron chi connectivity index (χ0n) is 14.0. The van der Waals surface area contributed by atoms with Crippen molar-refractivity contribution in [3.63, 3.8) is 0 Å². The van der Waals surface area contributed by atoms with Crippen LogP contribution in [0.15, 0.2) is 36.4 Å². The van der Waals surface area contributed by atoms with E-state index < -0.39 is 17.3 Å². The number of hydrogen-bond acceptors (Lipinski definition) is 3. The van der Waals surface area contributed by atoms with E-state index in [9.17, 15) is 13.6 Å². The smallest absolute Gasteiger partial charge is 0.255 e. The first-order valence-electron chi connectivity index (χ1n) is 8.51. The summed E-state index contributed by atoms with van der Waals surface area (Å²) in [4.78, 5) is 14.6. The number of fused-ring (bicyclic) bond motifs is 1. The highest BCUT2D eigenvalue weighted by atomic mass is 35.5. The largest absolute Gasteiger partial charge is 0.362 e. The van der Waals surface area contributed by atoms with Crippen LogP contribution in [0.2, 0.25) is 5.02 Å². The van der Waals surface area contributed by atoms with Gasteiger partial charge < -0.3 is 10.6 Å². The van der Waals surface area contributed by atoms with Crippen LogP contribution in [0.5, 0.6) is 0 Å². The molecule has 2 aliphatic heterocycles. The number of likely N-dealkylation sites (tertiary alicyclic amines) is 1. The van der Waals surface area contributed by atoms with Gasteiger partial charge >= 0.3 is 0 Å². The van der Waals surface area contributed by atoms with Crippen molar-refractivity contribution in [2.24, 2.45) is 0 Å². The van der Waals surface area contributed by atoms with Crippen LogP contribution in [0.4, 0.5) is 14.5 Å². The summed E-state index contributed by atoms with van der Waals surface area (Å²) >= 11 is 5.97. The normalized spacial score (nSPS) is 19.0. The van der Waals surface area contributed by atoms with Crippen LogP contribution in [0.3, 0.4) is 0 Å². The Morgan fingerprint density at radius 1 is 1.04 bits per heavy atom. The maximum Gasteiger partial charge on any atom is 0.255 e. The molecule has 0 saturated carbocycles. The molecule has 2 heterocycles. The Morgan fingerprint density at radius 2 is 1.81 bits per heavy atom. The number of carbonyl (C=O) groups is 1. The fourth-order valence-electron chi connectivity index (χ4n) is 3.63. The van der Waals surface area contributed by atoms with Crippen LogP contribution in [0.25, 0.3) is 0 Å². The van der Waals surface area contributed by atoms with Gasteiger partial charge in [0.05, 0.1) is 5.56 Å². The van der Waals surface area contributed by atoms with Crippen LogP contribution in [-0.4, -0.2) is 29.6 Å². The molecule has 0 aromatic heterocycles. The second-order valence-electron chi connectivity index (χ2n) is 6.88. The first-order chi connectivity index (χ1) is 12.4. The molecule has 0 radical (unpaired) electrons. The summed E-state index contributed by atoms with van der Waals surface area (Å²) in [6.45, 7) is 2.01. The molecule has 0 unspecified atom stereocenters.